The monoisotopic (exact) mass is 487 g/mol. The van der Waals surface area contributed by atoms with Crippen molar-refractivity contribution in [2.75, 3.05) is 11.9 Å². The van der Waals surface area contributed by atoms with Gasteiger partial charge in [0, 0.05) is 17.6 Å². The quantitative estimate of drug-likeness (QED) is 0.459. The summed E-state index contributed by atoms with van der Waals surface area (Å²) in [6.45, 7) is 2.06. The molecule has 1 N–H and O–H groups in total. The summed E-state index contributed by atoms with van der Waals surface area (Å²) in [6.07, 6.45) is -1.72. The Morgan fingerprint density at radius 3 is 2.59 bits per heavy atom. The topological polar surface area (TPSA) is 64.9 Å². The van der Waals surface area contributed by atoms with Gasteiger partial charge in [-0.1, -0.05) is 47.1 Å². The molecule has 6 nitrogen and oxygen atoms in total. The lowest BCUT2D eigenvalue weighted by atomic mass is 10.1. The molecule has 0 radical (unpaired) electrons. The van der Waals surface area contributed by atoms with Crippen molar-refractivity contribution < 1.29 is 13.5 Å². The van der Waals surface area contributed by atoms with Crippen LogP contribution in [0.1, 0.15) is 26.5 Å². The number of hydrogen-bond acceptors (Lipinski definition) is 5. The second-order valence-corrected chi connectivity index (χ2v) is 7.37. The third kappa shape index (κ3) is 5.63. The van der Waals surface area contributed by atoms with E-state index in [1.54, 1.807) is 4.68 Å². The Morgan fingerprint density at radius 2 is 1.93 bits per heavy atom. The molecule has 2 heterocycles. The van der Waals surface area contributed by atoms with Crippen LogP contribution in [0.25, 0.3) is 11.3 Å². The fraction of sp³-hybridized carbons (Fsp3) is 0.316. The summed E-state index contributed by atoms with van der Waals surface area (Å²) in [4.78, 5) is 7.42. The van der Waals surface area contributed by atoms with Gasteiger partial charge in [-0.05, 0) is 24.6 Å². The molecule has 0 aliphatic rings. The van der Waals surface area contributed by atoms with E-state index >= 15 is 0 Å². The Hall–Kier alpha value is -2.26. The molecule has 0 amide bonds. The highest BCUT2D eigenvalue weighted by Gasteiger charge is 2.19. The fourth-order valence-electron chi connectivity index (χ4n) is 2.52. The number of nitrogens with one attached hydrogen (secondary N) is 1. The molecule has 3 aromatic rings. The molecule has 0 bridgehead atoms. The van der Waals surface area contributed by atoms with E-state index < -0.39 is 12.1 Å². The lowest BCUT2D eigenvalue weighted by molar-refractivity contribution is 0.146. The Labute approximate surface area is 181 Å². The number of aromatic nitrogens is 4. The van der Waals surface area contributed by atoms with Gasteiger partial charge in [0.05, 0.1) is 11.7 Å². The van der Waals surface area contributed by atoms with E-state index in [1.807, 2.05) is 44.3 Å². The number of alkyl halides is 2. The van der Waals surface area contributed by atoms with E-state index in [9.17, 15) is 8.78 Å². The van der Waals surface area contributed by atoms with Gasteiger partial charge in [0.15, 0.2) is 0 Å². The van der Waals surface area contributed by atoms with Crippen molar-refractivity contribution in [2.45, 2.75) is 26.8 Å². The lowest BCUT2D eigenvalue weighted by Crippen LogP contribution is -2.24. The van der Waals surface area contributed by atoms with Gasteiger partial charge in [0.25, 0.3) is 6.43 Å². The van der Waals surface area contributed by atoms with Crippen LogP contribution >= 0.6 is 27.5 Å². The summed E-state index contributed by atoms with van der Waals surface area (Å²) in [5, 5.41) is 7.11. The zero-order valence-corrected chi connectivity index (χ0v) is 17.4. The number of nitrogens with zero attached hydrogens (tertiary/aromatic N) is 4. The number of ether oxygens (including phenoxy) is 1. The van der Waals surface area contributed by atoms with Crippen molar-refractivity contribution in [1.82, 2.24) is 19.7 Å². The summed E-state index contributed by atoms with van der Waals surface area (Å²) in [5.41, 5.74) is 1.41. The second kappa shape index (κ2) is 9.98. The molecule has 1 atom stereocenters. The SMILES string of the molecule is C.CC(COc1cc(-c2ccc(Br)cc2)n(C)n1)Nc1ncnc(C(F)F)c1Cl. The van der Waals surface area contributed by atoms with Crippen molar-refractivity contribution >= 4 is 33.3 Å². The average molecular weight is 489 g/mol. The molecule has 1 aromatic carbocycles. The van der Waals surface area contributed by atoms with E-state index in [4.69, 9.17) is 16.3 Å². The Kier molecular flexibility index (Phi) is 7.92. The number of rotatable bonds is 7. The van der Waals surface area contributed by atoms with E-state index in [-0.39, 0.29) is 30.9 Å². The molecule has 0 saturated heterocycles. The lowest BCUT2D eigenvalue weighted by Gasteiger charge is -2.16. The van der Waals surface area contributed by atoms with Gasteiger partial charge in [-0.3, -0.25) is 4.68 Å². The van der Waals surface area contributed by atoms with Gasteiger partial charge in [0.1, 0.15) is 29.5 Å². The second-order valence-electron chi connectivity index (χ2n) is 6.08. The smallest absolute Gasteiger partial charge is 0.282 e. The van der Waals surface area contributed by atoms with E-state index in [1.165, 1.54) is 0 Å². The normalized spacial score (nSPS) is 11.8. The maximum atomic E-state index is 12.9. The molecule has 0 saturated carbocycles. The van der Waals surface area contributed by atoms with Gasteiger partial charge < -0.3 is 10.1 Å². The highest BCUT2D eigenvalue weighted by atomic mass is 79.9. The first-order chi connectivity index (χ1) is 13.3. The summed E-state index contributed by atoms with van der Waals surface area (Å²) >= 11 is 9.35. The number of aryl methyl sites for hydroxylation is 1. The largest absolute Gasteiger partial charge is 0.474 e. The highest BCUT2D eigenvalue weighted by molar-refractivity contribution is 9.10. The minimum Gasteiger partial charge on any atom is -0.474 e. The summed E-state index contributed by atoms with van der Waals surface area (Å²) in [6, 6.07) is 9.44. The third-order valence-corrected chi connectivity index (χ3v) is 4.79. The number of benzene rings is 1. The summed E-state index contributed by atoms with van der Waals surface area (Å²) in [7, 11) is 1.83. The van der Waals surface area contributed by atoms with Crippen molar-refractivity contribution in [2.24, 2.45) is 7.05 Å². The minimum atomic E-state index is -2.77. The Bertz CT molecular complexity index is 952. The van der Waals surface area contributed by atoms with Crippen molar-refractivity contribution in [3.05, 3.63) is 51.8 Å². The van der Waals surface area contributed by atoms with E-state index in [0.717, 1.165) is 22.1 Å². The van der Waals surface area contributed by atoms with Crippen LogP contribution in [0.5, 0.6) is 5.88 Å². The molecule has 2 aromatic heterocycles. The third-order valence-electron chi connectivity index (χ3n) is 3.88. The van der Waals surface area contributed by atoms with Gasteiger partial charge in [-0.15, -0.1) is 5.10 Å². The molecule has 10 heteroatoms. The van der Waals surface area contributed by atoms with Gasteiger partial charge in [-0.25, -0.2) is 18.7 Å². The van der Waals surface area contributed by atoms with Crippen LogP contribution in [0, 0.1) is 0 Å². The first-order valence-electron chi connectivity index (χ1n) is 8.33. The first-order valence-corrected chi connectivity index (χ1v) is 9.50. The first kappa shape index (κ1) is 23.0. The number of anilines is 1. The fourth-order valence-corrected chi connectivity index (χ4v) is 3.02. The highest BCUT2D eigenvalue weighted by Crippen LogP contribution is 2.29. The molecule has 0 aliphatic heterocycles. The maximum absolute atomic E-state index is 12.9. The van der Waals surface area contributed by atoms with Crippen molar-refractivity contribution in [1.29, 1.82) is 0 Å². The van der Waals surface area contributed by atoms with Crippen LogP contribution in [0.2, 0.25) is 5.02 Å². The molecule has 3 rings (SSSR count). The molecule has 0 fully saturated rings. The molecule has 0 aliphatic carbocycles. The van der Waals surface area contributed by atoms with Gasteiger partial charge in [0.2, 0.25) is 5.88 Å². The minimum absolute atomic E-state index is 0. The van der Waals surface area contributed by atoms with Gasteiger partial charge >= 0.3 is 0 Å². The number of halogens is 4. The van der Waals surface area contributed by atoms with Crippen LogP contribution in [0.3, 0.4) is 0 Å². The zero-order valence-electron chi connectivity index (χ0n) is 15.0. The number of hydrogen-bond donors (Lipinski definition) is 1. The Morgan fingerprint density at radius 1 is 1.24 bits per heavy atom. The molecule has 1 unspecified atom stereocenters. The molecule has 29 heavy (non-hydrogen) atoms. The molecule has 156 valence electrons. The van der Waals surface area contributed by atoms with Crippen molar-refractivity contribution in [3.63, 3.8) is 0 Å². The van der Waals surface area contributed by atoms with Gasteiger partial charge in [-0.2, -0.15) is 0 Å². The van der Waals surface area contributed by atoms with Crippen LogP contribution in [0.15, 0.2) is 41.1 Å². The van der Waals surface area contributed by atoms with Crippen LogP contribution in [0.4, 0.5) is 14.6 Å². The van der Waals surface area contributed by atoms with E-state index in [2.05, 4.69) is 36.3 Å². The summed E-state index contributed by atoms with van der Waals surface area (Å²) < 4.78 is 34.2. The predicted octanol–water partition coefficient (Wildman–Crippen LogP) is 5.75. The molecule has 0 spiro atoms. The van der Waals surface area contributed by atoms with Crippen LogP contribution in [-0.4, -0.2) is 32.4 Å². The zero-order chi connectivity index (χ0) is 20.3. The predicted molar refractivity (Wildman–Crippen MR) is 114 cm³/mol. The standard InChI is InChI=1S/C18H17BrClF2N5O.CH4/c1-10(25-18-15(20)16(17(21)22)23-9-24-18)8-28-14-7-13(27(2)26-14)11-3-5-12(19)6-4-11;/h3-7,9-10,17H,8H2,1-2H3,(H,23,24,25);1H4. The average Bonchev–Trinajstić information content (AvgIpc) is 3.03. The maximum Gasteiger partial charge on any atom is 0.282 e. The summed E-state index contributed by atoms with van der Waals surface area (Å²) in [5.74, 6) is 0.593. The Balaban J connectivity index is 0.00000300. The molecular formula is C19H21BrClF2N5O. The van der Waals surface area contributed by atoms with Crippen molar-refractivity contribution in [3.8, 4) is 17.1 Å². The van der Waals surface area contributed by atoms with Crippen LogP contribution in [-0.2, 0) is 7.05 Å². The van der Waals surface area contributed by atoms with E-state index in [0.29, 0.717) is 5.88 Å². The van der Waals surface area contributed by atoms with Crippen LogP contribution < -0.4 is 10.1 Å². The molecular weight excluding hydrogens is 468 g/mol.